The minimum Gasteiger partial charge on any atom is -0.317 e. The average molecular weight is 253 g/mol. The number of nitrogens with zero attached hydrogens (tertiary/aromatic N) is 2. The summed E-state index contributed by atoms with van der Waals surface area (Å²) in [5, 5.41) is 3.53. The van der Waals surface area contributed by atoms with Crippen molar-refractivity contribution in [3.63, 3.8) is 0 Å². The Balaban J connectivity index is 1.85. The number of likely N-dealkylation sites (tertiary alicyclic amines) is 1. The van der Waals surface area contributed by atoms with Gasteiger partial charge in [-0.1, -0.05) is 6.92 Å². The zero-order chi connectivity index (χ0) is 12.8. The van der Waals surface area contributed by atoms with Crippen molar-refractivity contribution in [3.8, 4) is 0 Å². The molecule has 2 unspecified atom stereocenters. The smallest absolute Gasteiger partial charge is 0.0108 e. The molecule has 106 valence electrons. The molecule has 2 atom stereocenters. The summed E-state index contributed by atoms with van der Waals surface area (Å²) in [6.07, 6.45) is 8.23. The van der Waals surface area contributed by atoms with Crippen LogP contribution >= 0.6 is 0 Å². The number of rotatable bonds is 3. The third-order valence-electron chi connectivity index (χ3n) is 4.93. The van der Waals surface area contributed by atoms with E-state index in [0.29, 0.717) is 0 Å². The van der Waals surface area contributed by atoms with Crippen LogP contribution in [-0.4, -0.2) is 61.7 Å². The Labute approximate surface area is 113 Å². The van der Waals surface area contributed by atoms with Gasteiger partial charge in [-0.2, -0.15) is 0 Å². The fourth-order valence-corrected chi connectivity index (χ4v) is 3.57. The molecule has 0 amide bonds. The van der Waals surface area contributed by atoms with Crippen molar-refractivity contribution in [2.24, 2.45) is 0 Å². The van der Waals surface area contributed by atoms with Gasteiger partial charge in [0.2, 0.25) is 0 Å². The second-order valence-corrected chi connectivity index (χ2v) is 6.02. The molecule has 0 radical (unpaired) electrons. The fourth-order valence-electron chi connectivity index (χ4n) is 3.57. The lowest BCUT2D eigenvalue weighted by Gasteiger charge is -2.34. The number of nitrogens with one attached hydrogen (secondary N) is 1. The van der Waals surface area contributed by atoms with E-state index in [-0.39, 0.29) is 0 Å². The van der Waals surface area contributed by atoms with Gasteiger partial charge in [0.15, 0.2) is 0 Å². The molecule has 0 saturated carbocycles. The molecular formula is C15H31N3. The van der Waals surface area contributed by atoms with Gasteiger partial charge in [-0.15, -0.1) is 0 Å². The van der Waals surface area contributed by atoms with E-state index in [2.05, 4.69) is 29.1 Å². The van der Waals surface area contributed by atoms with Crippen LogP contribution in [0.5, 0.6) is 0 Å². The average Bonchev–Trinajstić information content (AvgIpc) is 2.80. The third-order valence-corrected chi connectivity index (χ3v) is 4.93. The second kappa shape index (κ2) is 7.46. The Morgan fingerprint density at radius 3 is 2.61 bits per heavy atom. The van der Waals surface area contributed by atoms with Crippen LogP contribution in [0.25, 0.3) is 0 Å². The molecule has 2 aliphatic heterocycles. The first kappa shape index (κ1) is 14.3. The lowest BCUT2D eigenvalue weighted by atomic mass is 10.0. The van der Waals surface area contributed by atoms with Gasteiger partial charge in [-0.3, -0.25) is 0 Å². The van der Waals surface area contributed by atoms with Gasteiger partial charge in [-0.05, 0) is 78.3 Å². The normalized spacial score (nSPS) is 32.2. The van der Waals surface area contributed by atoms with Crippen LogP contribution in [0.1, 0.15) is 45.4 Å². The van der Waals surface area contributed by atoms with E-state index in [1.807, 2.05) is 0 Å². The first-order chi connectivity index (χ1) is 8.81. The highest BCUT2D eigenvalue weighted by atomic mass is 15.2. The second-order valence-electron chi connectivity index (χ2n) is 6.02. The predicted molar refractivity (Wildman–Crippen MR) is 78.0 cm³/mol. The maximum Gasteiger partial charge on any atom is 0.0108 e. The molecular weight excluding hydrogens is 222 g/mol. The summed E-state index contributed by atoms with van der Waals surface area (Å²) < 4.78 is 0. The Kier molecular flexibility index (Phi) is 5.93. The van der Waals surface area contributed by atoms with Crippen molar-refractivity contribution in [1.82, 2.24) is 15.1 Å². The van der Waals surface area contributed by atoms with Crippen LogP contribution in [0.2, 0.25) is 0 Å². The van der Waals surface area contributed by atoms with Gasteiger partial charge in [0.05, 0.1) is 0 Å². The quantitative estimate of drug-likeness (QED) is 0.829. The highest BCUT2D eigenvalue weighted by molar-refractivity contribution is 4.82. The van der Waals surface area contributed by atoms with Crippen LogP contribution < -0.4 is 5.32 Å². The van der Waals surface area contributed by atoms with Crippen LogP contribution in [0.3, 0.4) is 0 Å². The Hall–Kier alpha value is -0.120. The maximum absolute atomic E-state index is 3.53. The van der Waals surface area contributed by atoms with Gasteiger partial charge in [0.1, 0.15) is 0 Å². The Morgan fingerprint density at radius 2 is 1.78 bits per heavy atom. The van der Waals surface area contributed by atoms with Crippen LogP contribution in [-0.2, 0) is 0 Å². The lowest BCUT2D eigenvalue weighted by Crippen LogP contribution is -2.41. The SMILES string of the molecule is CCN1CCCC(N(C)C2CCCNCC2)CC1. The Morgan fingerprint density at radius 1 is 1.00 bits per heavy atom. The molecule has 3 heteroatoms. The molecule has 2 fully saturated rings. The van der Waals surface area contributed by atoms with Gasteiger partial charge in [0, 0.05) is 12.1 Å². The standard InChI is InChI=1S/C15H31N3/c1-3-18-12-5-7-15(9-13-18)17(2)14-6-4-10-16-11-8-14/h14-16H,3-13H2,1-2H3. The highest BCUT2D eigenvalue weighted by Gasteiger charge is 2.25. The molecule has 2 saturated heterocycles. The van der Waals surface area contributed by atoms with E-state index in [0.717, 1.165) is 12.1 Å². The molecule has 0 aliphatic carbocycles. The number of hydrogen-bond acceptors (Lipinski definition) is 3. The summed E-state index contributed by atoms with van der Waals surface area (Å²) in [5.74, 6) is 0. The third kappa shape index (κ3) is 3.94. The van der Waals surface area contributed by atoms with Crippen molar-refractivity contribution in [2.75, 3.05) is 39.8 Å². The van der Waals surface area contributed by atoms with E-state index < -0.39 is 0 Å². The van der Waals surface area contributed by atoms with E-state index in [1.165, 1.54) is 71.2 Å². The van der Waals surface area contributed by atoms with E-state index >= 15 is 0 Å². The largest absolute Gasteiger partial charge is 0.317 e. The van der Waals surface area contributed by atoms with Crippen LogP contribution in [0.4, 0.5) is 0 Å². The molecule has 0 aromatic heterocycles. The van der Waals surface area contributed by atoms with Crippen molar-refractivity contribution in [2.45, 2.75) is 57.5 Å². The first-order valence-corrected chi connectivity index (χ1v) is 7.96. The molecule has 2 rings (SSSR count). The van der Waals surface area contributed by atoms with Crippen molar-refractivity contribution in [1.29, 1.82) is 0 Å². The summed E-state index contributed by atoms with van der Waals surface area (Å²) in [5.41, 5.74) is 0. The molecule has 3 nitrogen and oxygen atoms in total. The minimum atomic E-state index is 0.818. The molecule has 18 heavy (non-hydrogen) atoms. The van der Waals surface area contributed by atoms with Crippen molar-refractivity contribution < 1.29 is 0 Å². The first-order valence-electron chi connectivity index (χ1n) is 7.96. The summed E-state index contributed by atoms with van der Waals surface area (Å²) in [6.45, 7) is 8.57. The van der Waals surface area contributed by atoms with Gasteiger partial charge >= 0.3 is 0 Å². The van der Waals surface area contributed by atoms with Crippen LogP contribution in [0, 0.1) is 0 Å². The molecule has 0 spiro atoms. The topological polar surface area (TPSA) is 18.5 Å². The van der Waals surface area contributed by atoms with Gasteiger partial charge < -0.3 is 15.1 Å². The zero-order valence-electron chi connectivity index (χ0n) is 12.3. The maximum atomic E-state index is 3.53. The Bertz CT molecular complexity index is 224. The molecule has 2 heterocycles. The van der Waals surface area contributed by atoms with E-state index in [4.69, 9.17) is 0 Å². The molecule has 0 aromatic carbocycles. The lowest BCUT2D eigenvalue weighted by molar-refractivity contribution is 0.145. The summed E-state index contributed by atoms with van der Waals surface area (Å²) in [4.78, 5) is 5.33. The van der Waals surface area contributed by atoms with Crippen molar-refractivity contribution >= 4 is 0 Å². The molecule has 0 bridgehead atoms. The van der Waals surface area contributed by atoms with Gasteiger partial charge in [-0.25, -0.2) is 0 Å². The van der Waals surface area contributed by atoms with E-state index in [9.17, 15) is 0 Å². The molecule has 2 aliphatic rings. The summed E-state index contributed by atoms with van der Waals surface area (Å²) in [6, 6.07) is 1.64. The zero-order valence-corrected chi connectivity index (χ0v) is 12.3. The molecule has 1 N–H and O–H groups in total. The van der Waals surface area contributed by atoms with Crippen LogP contribution in [0.15, 0.2) is 0 Å². The summed E-state index contributed by atoms with van der Waals surface area (Å²) in [7, 11) is 2.38. The fraction of sp³-hybridized carbons (Fsp3) is 1.00. The minimum absolute atomic E-state index is 0.818. The molecule has 0 aromatic rings. The summed E-state index contributed by atoms with van der Waals surface area (Å²) >= 11 is 0. The van der Waals surface area contributed by atoms with Gasteiger partial charge in [0.25, 0.3) is 0 Å². The monoisotopic (exact) mass is 253 g/mol. The van der Waals surface area contributed by atoms with E-state index in [1.54, 1.807) is 0 Å². The number of hydrogen-bond donors (Lipinski definition) is 1. The van der Waals surface area contributed by atoms with Crippen molar-refractivity contribution in [3.05, 3.63) is 0 Å². The highest BCUT2D eigenvalue weighted by Crippen LogP contribution is 2.21. The predicted octanol–water partition coefficient (Wildman–Crippen LogP) is 1.93.